The predicted molar refractivity (Wildman–Crippen MR) is 85.9 cm³/mol. The average Bonchev–Trinajstić information content (AvgIpc) is 2.97. The lowest BCUT2D eigenvalue weighted by Gasteiger charge is -2.31. The summed E-state index contributed by atoms with van der Waals surface area (Å²) in [6.45, 7) is 2.35. The van der Waals surface area contributed by atoms with Gasteiger partial charge in [0.05, 0.1) is 5.69 Å². The van der Waals surface area contributed by atoms with E-state index in [9.17, 15) is 9.90 Å². The summed E-state index contributed by atoms with van der Waals surface area (Å²) in [6.07, 6.45) is 4.47. The number of anilines is 1. The zero-order valence-corrected chi connectivity index (χ0v) is 13.0. The molecule has 0 fully saturated rings. The number of amides is 1. The van der Waals surface area contributed by atoms with E-state index in [0.29, 0.717) is 17.1 Å². The average molecular weight is 317 g/mol. The van der Waals surface area contributed by atoms with E-state index in [2.05, 4.69) is 4.98 Å². The minimum Gasteiger partial charge on any atom is -0.375 e. The Kier molecular flexibility index (Phi) is 3.89. The van der Waals surface area contributed by atoms with Crippen molar-refractivity contribution >= 4 is 23.2 Å². The monoisotopic (exact) mass is 316 g/mol. The molecule has 2 heterocycles. The molecule has 1 N–H and O–H groups in total. The van der Waals surface area contributed by atoms with Gasteiger partial charge in [-0.25, -0.2) is 0 Å². The molecule has 0 saturated heterocycles. The fourth-order valence-electron chi connectivity index (χ4n) is 2.89. The van der Waals surface area contributed by atoms with Crippen LogP contribution in [0.1, 0.15) is 24.5 Å². The highest BCUT2D eigenvalue weighted by atomic mass is 35.5. The number of hydrogen-bond donors (Lipinski definition) is 1. The largest absolute Gasteiger partial charge is 0.375 e. The van der Waals surface area contributed by atoms with E-state index in [-0.39, 0.29) is 12.3 Å². The number of carbonyl (C=O) groups is 1. The van der Waals surface area contributed by atoms with E-state index >= 15 is 0 Å². The maximum Gasteiger partial charge on any atom is 0.263 e. The summed E-state index contributed by atoms with van der Waals surface area (Å²) in [5.74, 6) is -0.317. The van der Waals surface area contributed by atoms with Crippen molar-refractivity contribution in [3.8, 4) is 0 Å². The number of nitrogens with zero attached hydrogens (tertiary/aromatic N) is 2. The number of rotatable bonds is 3. The van der Waals surface area contributed by atoms with Crippen molar-refractivity contribution in [1.29, 1.82) is 0 Å². The molecule has 0 spiro atoms. The molecule has 0 aliphatic carbocycles. The molecule has 0 bridgehead atoms. The zero-order valence-electron chi connectivity index (χ0n) is 12.3. The smallest absolute Gasteiger partial charge is 0.263 e. The second-order valence-corrected chi connectivity index (χ2v) is 5.87. The maximum absolute atomic E-state index is 13.0. The highest BCUT2D eigenvalue weighted by Crippen LogP contribution is 2.34. The van der Waals surface area contributed by atoms with E-state index < -0.39 is 5.60 Å². The lowest BCUT2D eigenvalue weighted by Crippen LogP contribution is -2.46. The van der Waals surface area contributed by atoms with Crippen molar-refractivity contribution in [3.05, 3.63) is 58.9 Å². The third-order valence-electron chi connectivity index (χ3n) is 4.19. The first-order valence-electron chi connectivity index (χ1n) is 7.29. The van der Waals surface area contributed by atoms with Crippen molar-refractivity contribution < 1.29 is 9.90 Å². The molecular weight excluding hydrogens is 300 g/mol. The second kappa shape index (κ2) is 5.71. The molecule has 2 aromatic rings. The number of hydrogen-bond acceptors (Lipinski definition) is 3. The minimum atomic E-state index is -1.57. The van der Waals surface area contributed by atoms with E-state index in [1.165, 1.54) is 0 Å². The topological polar surface area (TPSA) is 53.4 Å². The van der Waals surface area contributed by atoms with Crippen LogP contribution in [-0.4, -0.2) is 22.5 Å². The molecule has 1 aliphatic rings. The summed E-state index contributed by atoms with van der Waals surface area (Å²) in [6, 6.07) is 8.66. The summed E-state index contributed by atoms with van der Waals surface area (Å²) < 4.78 is 0. The molecule has 1 aromatic heterocycles. The molecule has 0 radical (unpaired) electrons. The van der Waals surface area contributed by atoms with Gasteiger partial charge >= 0.3 is 0 Å². The normalized spacial score (nSPS) is 16.2. The first-order valence-corrected chi connectivity index (χ1v) is 7.67. The van der Waals surface area contributed by atoms with E-state index in [4.69, 9.17) is 11.6 Å². The predicted octanol–water partition coefficient (Wildman–Crippen LogP) is 2.92. The Morgan fingerprint density at radius 3 is 3.00 bits per heavy atom. The molecule has 114 valence electrons. The lowest BCUT2D eigenvalue weighted by atomic mass is 9.89. The molecule has 1 aliphatic heterocycles. The Balaban J connectivity index is 1.99. The maximum atomic E-state index is 13.0. The number of benzene rings is 1. The van der Waals surface area contributed by atoms with Crippen LogP contribution in [0.15, 0.2) is 42.7 Å². The first-order chi connectivity index (χ1) is 10.6. The molecule has 1 aromatic carbocycles. The van der Waals surface area contributed by atoms with Gasteiger partial charge in [-0.05, 0) is 42.2 Å². The first kappa shape index (κ1) is 15.0. The van der Waals surface area contributed by atoms with Gasteiger partial charge in [-0.2, -0.15) is 0 Å². The molecule has 0 saturated carbocycles. The van der Waals surface area contributed by atoms with Crippen LogP contribution in [0.2, 0.25) is 5.02 Å². The Labute approximate surface area is 134 Å². The fourth-order valence-corrected chi connectivity index (χ4v) is 3.08. The van der Waals surface area contributed by atoms with Crippen LogP contribution in [-0.2, 0) is 16.8 Å². The summed E-state index contributed by atoms with van der Waals surface area (Å²) in [5.41, 5.74) is 0.805. The molecule has 1 amide bonds. The number of carbonyl (C=O) groups excluding carboxylic acids is 1. The van der Waals surface area contributed by atoms with Gasteiger partial charge < -0.3 is 10.0 Å². The summed E-state index contributed by atoms with van der Waals surface area (Å²) in [4.78, 5) is 18.7. The molecular formula is C17H17ClN2O2. The zero-order chi connectivity index (χ0) is 15.7. The summed E-state index contributed by atoms with van der Waals surface area (Å²) in [7, 11) is 0. The van der Waals surface area contributed by atoms with Gasteiger partial charge in [0.15, 0.2) is 5.60 Å². The van der Waals surface area contributed by atoms with Crippen LogP contribution in [0, 0.1) is 0 Å². The molecule has 5 heteroatoms. The minimum absolute atomic E-state index is 0.281. The van der Waals surface area contributed by atoms with E-state index in [1.807, 2.05) is 6.07 Å². The molecule has 4 nitrogen and oxygen atoms in total. The molecule has 0 unspecified atom stereocenters. The van der Waals surface area contributed by atoms with Gasteiger partial charge in [0.2, 0.25) is 0 Å². The number of halogens is 1. The Hall–Kier alpha value is -1.91. The van der Waals surface area contributed by atoms with Crippen LogP contribution in [0.5, 0.6) is 0 Å². The van der Waals surface area contributed by atoms with Crippen molar-refractivity contribution in [2.24, 2.45) is 0 Å². The molecule has 3 rings (SSSR count). The highest BCUT2D eigenvalue weighted by Gasteiger charge is 2.41. The van der Waals surface area contributed by atoms with Crippen LogP contribution < -0.4 is 4.90 Å². The van der Waals surface area contributed by atoms with Crippen molar-refractivity contribution in [2.75, 3.05) is 11.4 Å². The second-order valence-electron chi connectivity index (χ2n) is 5.44. The van der Waals surface area contributed by atoms with Gasteiger partial charge in [0.1, 0.15) is 0 Å². The van der Waals surface area contributed by atoms with Crippen LogP contribution >= 0.6 is 11.6 Å². The van der Waals surface area contributed by atoms with Gasteiger partial charge in [-0.15, -0.1) is 0 Å². The van der Waals surface area contributed by atoms with Crippen LogP contribution in [0.25, 0.3) is 0 Å². The standard InChI is InChI=1S/C17H17ClN2O2/c1-2-17(22,13-4-3-5-14(18)10-13)16(21)20-9-7-12-11-19-8-6-15(12)20/h3-6,8,10-11,22H,2,7,9H2,1H3/t17-/m0/s1. The number of pyridine rings is 1. The van der Waals surface area contributed by atoms with E-state index in [0.717, 1.165) is 17.7 Å². The third-order valence-corrected chi connectivity index (χ3v) is 4.42. The quantitative estimate of drug-likeness (QED) is 0.947. The van der Waals surface area contributed by atoms with Crippen molar-refractivity contribution in [2.45, 2.75) is 25.4 Å². The Bertz CT molecular complexity index is 719. The fraction of sp³-hybridized carbons (Fsp3) is 0.294. The third kappa shape index (κ3) is 2.38. The summed E-state index contributed by atoms with van der Waals surface area (Å²) >= 11 is 6.01. The SMILES string of the molecule is CC[C@@](O)(C(=O)N1CCc2cnccc21)c1cccc(Cl)c1. The van der Waals surface area contributed by atoms with Gasteiger partial charge in [-0.1, -0.05) is 30.7 Å². The Morgan fingerprint density at radius 2 is 2.27 bits per heavy atom. The Morgan fingerprint density at radius 1 is 1.45 bits per heavy atom. The van der Waals surface area contributed by atoms with Gasteiger partial charge in [-0.3, -0.25) is 9.78 Å². The molecule has 22 heavy (non-hydrogen) atoms. The number of aromatic nitrogens is 1. The number of aliphatic hydroxyl groups is 1. The number of fused-ring (bicyclic) bond motifs is 1. The lowest BCUT2D eigenvalue weighted by molar-refractivity contribution is -0.138. The van der Waals surface area contributed by atoms with Crippen molar-refractivity contribution in [1.82, 2.24) is 4.98 Å². The summed E-state index contributed by atoms with van der Waals surface area (Å²) in [5, 5.41) is 11.5. The highest BCUT2D eigenvalue weighted by molar-refractivity contribution is 6.30. The van der Waals surface area contributed by atoms with Gasteiger partial charge in [0.25, 0.3) is 5.91 Å². The van der Waals surface area contributed by atoms with Crippen LogP contribution in [0.3, 0.4) is 0 Å². The van der Waals surface area contributed by atoms with E-state index in [1.54, 1.807) is 48.5 Å². The van der Waals surface area contributed by atoms with Crippen molar-refractivity contribution in [3.63, 3.8) is 0 Å². The van der Waals surface area contributed by atoms with Gasteiger partial charge in [0, 0.05) is 24.0 Å². The van der Waals surface area contributed by atoms with Crippen LogP contribution in [0.4, 0.5) is 5.69 Å². The molecule has 1 atom stereocenters.